The van der Waals surface area contributed by atoms with Gasteiger partial charge in [0.25, 0.3) is 0 Å². The van der Waals surface area contributed by atoms with Crippen molar-refractivity contribution < 1.29 is 23.8 Å². The molecule has 0 unspecified atom stereocenters. The van der Waals surface area contributed by atoms with Gasteiger partial charge in [0.05, 0.1) is 33.4 Å². The van der Waals surface area contributed by atoms with E-state index in [0.717, 1.165) is 16.1 Å². The maximum Gasteiger partial charge on any atom is 0.310 e. The minimum Gasteiger partial charge on any atom is -0.493 e. The second kappa shape index (κ2) is 9.19. The van der Waals surface area contributed by atoms with E-state index in [0.29, 0.717) is 29.5 Å². The number of nitrogens with zero attached hydrogens (tertiary/aromatic N) is 1. The van der Waals surface area contributed by atoms with Gasteiger partial charge in [-0.25, -0.2) is 4.98 Å². The first-order valence-corrected chi connectivity index (χ1v) is 8.82. The van der Waals surface area contributed by atoms with Crippen LogP contribution < -0.4 is 14.8 Å². The molecule has 7 nitrogen and oxygen atoms in total. The summed E-state index contributed by atoms with van der Waals surface area (Å²) in [5.74, 6) is 0.812. The first-order valence-electron chi connectivity index (χ1n) is 8.00. The van der Waals surface area contributed by atoms with Crippen molar-refractivity contribution in [3.63, 3.8) is 0 Å². The summed E-state index contributed by atoms with van der Waals surface area (Å²) in [6.07, 6.45) is 1.02. The highest BCUT2D eigenvalue weighted by molar-refractivity contribution is 7.16. The Hall–Kier alpha value is -2.61. The SMILES string of the molecule is COC(=O)Cc1sc(NC(=O)CCc2ccc(OC)c(OC)c2)nc1C. The number of hydrogen-bond donors (Lipinski definition) is 1. The van der Waals surface area contributed by atoms with E-state index in [-0.39, 0.29) is 18.3 Å². The number of nitrogens with one attached hydrogen (secondary N) is 1. The van der Waals surface area contributed by atoms with Gasteiger partial charge in [0.15, 0.2) is 16.6 Å². The summed E-state index contributed by atoms with van der Waals surface area (Å²) in [6, 6.07) is 5.57. The second-order valence-electron chi connectivity index (χ2n) is 5.52. The Morgan fingerprint density at radius 3 is 2.54 bits per heavy atom. The number of carbonyl (C=O) groups is 2. The molecule has 2 aromatic rings. The van der Waals surface area contributed by atoms with Gasteiger partial charge in [-0.3, -0.25) is 9.59 Å². The van der Waals surface area contributed by atoms with Crippen LogP contribution in [0, 0.1) is 6.92 Å². The van der Waals surface area contributed by atoms with Crippen LogP contribution >= 0.6 is 11.3 Å². The molecule has 8 heteroatoms. The summed E-state index contributed by atoms with van der Waals surface area (Å²) in [6.45, 7) is 1.80. The van der Waals surface area contributed by atoms with Gasteiger partial charge >= 0.3 is 5.97 Å². The van der Waals surface area contributed by atoms with Crippen LogP contribution in [-0.2, 0) is 27.2 Å². The maximum atomic E-state index is 12.2. The molecule has 0 aliphatic rings. The molecule has 1 aromatic carbocycles. The normalized spacial score (nSPS) is 10.3. The van der Waals surface area contributed by atoms with Crippen LogP contribution in [0.5, 0.6) is 11.5 Å². The molecule has 26 heavy (non-hydrogen) atoms. The number of aryl methyl sites for hydroxylation is 2. The number of aromatic nitrogens is 1. The molecule has 1 amide bonds. The Labute approximate surface area is 156 Å². The molecule has 0 radical (unpaired) electrons. The third-order valence-electron chi connectivity index (χ3n) is 3.76. The van der Waals surface area contributed by atoms with Crippen LogP contribution in [0.4, 0.5) is 5.13 Å². The van der Waals surface area contributed by atoms with E-state index in [9.17, 15) is 9.59 Å². The lowest BCUT2D eigenvalue weighted by molar-refractivity contribution is -0.139. The summed E-state index contributed by atoms with van der Waals surface area (Å²) < 4.78 is 15.1. The Morgan fingerprint density at radius 1 is 1.15 bits per heavy atom. The van der Waals surface area contributed by atoms with Crippen molar-refractivity contribution in [2.24, 2.45) is 0 Å². The van der Waals surface area contributed by atoms with Crippen molar-refractivity contribution in [1.82, 2.24) is 4.98 Å². The summed E-state index contributed by atoms with van der Waals surface area (Å²) >= 11 is 1.28. The number of ether oxygens (including phenoxy) is 3. The molecule has 0 saturated heterocycles. The molecule has 0 fully saturated rings. The molecule has 0 bridgehead atoms. The van der Waals surface area contributed by atoms with Gasteiger partial charge in [-0.2, -0.15) is 0 Å². The minimum absolute atomic E-state index is 0.141. The molecule has 1 N–H and O–H groups in total. The lowest BCUT2D eigenvalue weighted by Crippen LogP contribution is -2.12. The van der Waals surface area contributed by atoms with E-state index < -0.39 is 0 Å². The molecular weight excluding hydrogens is 356 g/mol. The zero-order valence-corrected chi connectivity index (χ0v) is 16.1. The zero-order chi connectivity index (χ0) is 19.1. The van der Waals surface area contributed by atoms with Crippen molar-refractivity contribution in [2.45, 2.75) is 26.2 Å². The number of anilines is 1. The Kier molecular flexibility index (Phi) is 6.97. The van der Waals surface area contributed by atoms with Crippen LogP contribution in [0.15, 0.2) is 18.2 Å². The smallest absolute Gasteiger partial charge is 0.310 e. The van der Waals surface area contributed by atoms with E-state index >= 15 is 0 Å². The highest BCUT2D eigenvalue weighted by Crippen LogP contribution is 2.28. The average Bonchev–Trinajstić information content (AvgIpc) is 2.98. The van der Waals surface area contributed by atoms with Gasteiger partial charge in [-0.1, -0.05) is 6.07 Å². The number of benzene rings is 1. The first-order chi connectivity index (χ1) is 12.5. The molecule has 0 spiro atoms. The van der Waals surface area contributed by atoms with Gasteiger partial charge in [0.2, 0.25) is 5.91 Å². The monoisotopic (exact) mass is 378 g/mol. The maximum absolute atomic E-state index is 12.2. The average molecular weight is 378 g/mol. The second-order valence-corrected chi connectivity index (χ2v) is 6.60. The fourth-order valence-corrected chi connectivity index (χ4v) is 3.29. The van der Waals surface area contributed by atoms with Crippen LogP contribution in [0.25, 0.3) is 0 Å². The number of hydrogen-bond acceptors (Lipinski definition) is 7. The quantitative estimate of drug-likeness (QED) is 0.711. The van der Waals surface area contributed by atoms with Gasteiger partial charge in [0, 0.05) is 11.3 Å². The molecule has 0 atom stereocenters. The zero-order valence-electron chi connectivity index (χ0n) is 15.3. The third-order valence-corrected chi connectivity index (χ3v) is 4.83. The van der Waals surface area contributed by atoms with E-state index in [1.54, 1.807) is 21.1 Å². The Balaban J connectivity index is 1.93. The van der Waals surface area contributed by atoms with Gasteiger partial charge in [0.1, 0.15) is 0 Å². The van der Waals surface area contributed by atoms with Crippen LogP contribution in [0.2, 0.25) is 0 Å². The molecule has 1 heterocycles. The molecular formula is C18H22N2O5S. The standard InChI is InChI=1S/C18H22N2O5S/c1-11-15(10-17(22)25-4)26-18(19-11)20-16(21)8-6-12-5-7-13(23-2)14(9-12)24-3/h5,7,9H,6,8,10H2,1-4H3,(H,19,20,21). The van der Waals surface area contributed by atoms with Crippen molar-refractivity contribution in [1.29, 1.82) is 0 Å². The van der Waals surface area contributed by atoms with E-state index in [2.05, 4.69) is 15.0 Å². The highest BCUT2D eigenvalue weighted by atomic mass is 32.1. The van der Waals surface area contributed by atoms with Crippen molar-refractivity contribution in [3.8, 4) is 11.5 Å². The minimum atomic E-state index is -0.330. The van der Waals surface area contributed by atoms with Gasteiger partial charge < -0.3 is 19.5 Å². The van der Waals surface area contributed by atoms with Gasteiger partial charge in [-0.15, -0.1) is 11.3 Å². The predicted octanol–water partition coefficient (Wildman–Crippen LogP) is 2.76. The summed E-state index contributed by atoms with van der Waals surface area (Å²) in [5.41, 5.74) is 1.69. The fourth-order valence-electron chi connectivity index (χ4n) is 2.32. The Morgan fingerprint density at radius 2 is 1.88 bits per heavy atom. The Bertz CT molecular complexity index is 788. The van der Waals surface area contributed by atoms with Crippen LogP contribution in [-0.4, -0.2) is 38.2 Å². The largest absolute Gasteiger partial charge is 0.493 e. The fraction of sp³-hybridized carbons (Fsp3) is 0.389. The lowest BCUT2D eigenvalue weighted by atomic mass is 10.1. The topological polar surface area (TPSA) is 86.8 Å². The van der Waals surface area contributed by atoms with E-state index in [4.69, 9.17) is 9.47 Å². The number of amides is 1. The van der Waals surface area contributed by atoms with Crippen molar-refractivity contribution in [3.05, 3.63) is 34.3 Å². The summed E-state index contributed by atoms with van der Waals surface area (Å²) in [5, 5.41) is 3.26. The number of rotatable bonds is 8. The van der Waals surface area contributed by atoms with E-state index in [1.165, 1.54) is 18.4 Å². The van der Waals surface area contributed by atoms with Crippen LogP contribution in [0.3, 0.4) is 0 Å². The van der Waals surface area contributed by atoms with Crippen molar-refractivity contribution in [2.75, 3.05) is 26.6 Å². The lowest BCUT2D eigenvalue weighted by Gasteiger charge is -2.09. The number of methoxy groups -OCH3 is 3. The predicted molar refractivity (Wildman–Crippen MR) is 99.1 cm³/mol. The summed E-state index contributed by atoms with van der Waals surface area (Å²) in [7, 11) is 4.50. The first kappa shape index (κ1) is 19.7. The van der Waals surface area contributed by atoms with Gasteiger partial charge in [-0.05, 0) is 31.0 Å². The van der Waals surface area contributed by atoms with Crippen LogP contribution in [0.1, 0.15) is 22.6 Å². The highest BCUT2D eigenvalue weighted by Gasteiger charge is 2.14. The number of esters is 1. The molecule has 0 saturated carbocycles. The number of carbonyl (C=O) groups excluding carboxylic acids is 2. The number of thiazole rings is 1. The summed E-state index contributed by atoms with van der Waals surface area (Å²) in [4.78, 5) is 28.6. The molecule has 0 aliphatic carbocycles. The van der Waals surface area contributed by atoms with E-state index in [1.807, 2.05) is 18.2 Å². The molecule has 2 rings (SSSR count). The molecule has 140 valence electrons. The molecule has 0 aliphatic heterocycles. The molecule has 1 aromatic heterocycles. The third kappa shape index (κ3) is 5.19. The van der Waals surface area contributed by atoms with Crippen molar-refractivity contribution >= 4 is 28.3 Å².